The summed E-state index contributed by atoms with van der Waals surface area (Å²) < 4.78 is 27.4. The van der Waals surface area contributed by atoms with Crippen LogP contribution in [0.1, 0.15) is 32.6 Å². The first-order valence-electron chi connectivity index (χ1n) is 9.53. The number of sulfonamides is 1. The summed E-state index contributed by atoms with van der Waals surface area (Å²) in [5.41, 5.74) is 0. The summed E-state index contributed by atoms with van der Waals surface area (Å²) in [6, 6.07) is 10.1. The number of piperidine rings is 1. The second kappa shape index (κ2) is 11.6. The molecule has 1 unspecified atom stereocenters. The molecule has 26 heavy (non-hydrogen) atoms. The van der Waals surface area contributed by atoms with Crippen LogP contribution in [0.4, 0.5) is 0 Å². The van der Waals surface area contributed by atoms with Crippen LogP contribution in [0.3, 0.4) is 0 Å². The molecule has 1 atom stereocenters. The van der Waals surface area contributed by atoms with E-state index in [2.05, 4.69) is 29.7 Å². The van der Waals surface area contributed by atoms with E-state index in [0.717, 1.165) is 25.4 Å². The van der Waals surface area contributed by atoms with Crippen molar-refractivity contribution in [3.05, 3.63) is 30.3 Å². The number of hydrogen-bond donors (Lipinski definition) is 1. The normalized spacial score (nSPS) is 17.5. The molecule has 4 nitrogen and oxygen atoms in total. The predicted molar refractivity (Wildman–Crippen MR) is 116 cm³/mol. The number of hydrogen-bond acceptors (Lipinski definition) is 5. The Labute approximate surface area is 169 Å². The third-order valence-electron chi connectivity index (χ3n) is 4.76. The van der Waals surface area contributed by atoms with E-state index in [1.54, 1.807) is 16.1 Å². The van der Waals surface area contributed by atoms with Crippen LogP contribution in [-0.2, 0) is 10.0 Å². The zero-order valence-corrected chi connectivity index (χ0v) is 18.2. The van der Waals surface area contributed by atoms with Gasteiger partial charge >= 0.3 is 0 Å². The molecule has 1 saturated heterocycles. The standard InChI is InChI=1S/C19H32N2O2S3/c1-18(17-24)21(14-13-20-11-6-3-7-12-20)26(22,23)16-8-15-25-19-9-4-2-5-10-19/h2,4-5,9-10,18,24H,3,6-8,11-17H2,1H3. The van der Waals surface area contributed by atoms with Gasteiger partial charge in [-0.25, -0.2) is 8.42 Å². The fourth-order valence-electron chi connectivity index (χ4n) is 3.21. The Morgan fingerprint density at radius 1 is 1.19 bits per heavy atom. The molecule has 2 rings (SSSR count). The number of benzene rings is 1. The highest BCUT2D eigenvalue weighted by Crippen LogP contribution is 2.19. The third kappa shape index (κ3) is 7.43. The van der Waals surface area contributed by atoms with Crippen molar-refractivity contribution in [2.45, 2.75) is 43.5 Å². The van der Waals surface area contributed by atoms with E-state index in [4.69, 9.17) is 0 Å². The molecule has 1 aliphatic heterocycles. The van der Waals surface area contributed by atoms with Gasteiger partial charge in [0.25, 0.3) is 0 Å². The van der Waals surface area contributed by atoms with E-state index >= 15 is 0 Å². The molecule has 0 aliphatic carbocycles. The first-order valence-corrected chi connectivity index (χ1v) is 12.8. The van der Waals surface area contributed by atoms with Crippen molar-refractivity contribution in [2.24, 2.45) is 0 Å². The van der Waals surface area contributed by atoms with Crippen molar-refractivity contribution >= 4 is 34.4 Å². The van der Waals surface area contributed by atoms with Gasteiger partial charge < -0.3 is 4.90 Å². The predicted octanol–water partition coefficient (Wildman–Crippen LogP) is 3.60. The third-order valence-corrected chi connectivity index (χ3v) is 8.45. The second-order valence-electron chi connectivity index (χ2n) is 6.88. The van der Waals surface area contributed by atoms with Gasteiger partial charge in [-0.3, -0.25) is 0 Å². The molecule has 0 aromatic heterocycles. The summed E-state index contributed by atoms with van der Waals surface area (Å²) >= 11 is 6.06. The van der Waals surface area contributed by atoms with Gasteiger partial charge in [0.15, 0.2) is 0 Å². The van der Waals surface area contributed by atoms with Gasteiger partial charge in [-0.15, -0.1) is 11.8 Å². The molecular formula is C19H32N2O2S3. The van der Waals surface area contributed by atoms with E-state index in [9.17, 15) is 8.42 Å². The number of likely N-dealkylation sites (tertiary alicyclic amines) is 1. The highest BCUT2D eigenvalue weighted by molar-refractivity contribution is 7.99. The Balaban J connectivity index is 1.83. The Morgan fingerprint density at radius 3 is 2.54 bits per heavy atom. The molecule has 0 radical (unpaired) electrons. The topological polar surface area (TPSA) is 40.6 Å². The van der Waals surface area contributed by atoms with Crippen LogP contribution < -0.4 is 0 Å². The van der Waals surface area contributed by atoms with Crippen LogP contribution in [-0.4, -0.2) is 67.1 Å². The maximum atomic E-state index is 12.9. The van der Waals surface area contributed by atoms with Crippen molar-refractivity contribution in [2.75, 3.05) is 43.4 Å². The summed E-state index contributed by atoms with van der Waals surface area (Å²) in [6.07, 6.45) is 4.42. The first kappa shape index (κ1) is 22.1. The van der Waals surface area contributed by atoms with Gasteiger partial charge in [0.05, 0.1) is 5.75 Å². The minimum atomic E-state index is -3.24. The lowest BCUT2D eigenvalue weighted by Crippen LogP contribution is -2.46. The highest BCUT2D eigenvalue weighted by Gasteiger charge is 2.26. The van der Waals surface area contributed by atoms with Crippen molar-refractivity contribution in [1.29, 1.82) is 0 Å². The Hall–Kier alpha value is -0.210. The molecule has 1 fully saturated rings. The SMILES string of the molecule is CC(CS)N(CCN1CCCCC1)S(=O)(=O)CCCSc1ccccc1. The molecule has 1 heterocycles. The second-order valence-corrected chi connectivity index (χ2v) is 10.5. The lowest BCUT2D eigenvalue weighted by atomic mass is 10.1. The zero-order chi connectivity index (χ0) is 18.8. The highest BCUT2D eigenvalue weighted by atomic mass is 32.2. The van der Waals surface area contributed by atoms with Crippen LogP contribution in [0, 0.1) is 0 Å². The lowest BCUT2D eigenvalue weighted by molar-refractivity contribution is 0.205. The first-order chi connectivity index (χ1) is 12.5. The fraction of sp³-hybridized carbons (Fsp3) is 0.684. The summed E-state index contributed by atoms with van der Waals surface area (Å²) in [4.78, 5) is 3.58. The summed E-state index contributed by atoms with van der Waals surface area (Å²) in [7, 11) is -3.24. The molecule has 0 spiro atoms. The van der Waals surface area contributed by atoms with E-state index in [1.807, 2.05) is 25.1 Å². The van der Waals surface area contributed by atoms with E-state index < -0.39 is 10.0 Å². The smallest absolute Gasteiger partial charge is 0.214 e. The number of nitrogens with zero attached hydrogens (tertiary/aromatic N) is 2. The lowest BCUT2D eigenvalue weighted by Gasteiger charge is -2.32. The average molecular weight is 417 g/mol. The van der Waals surface area contributed by atoms with Crippen LogP contribution in [0.25, 0.3) is 0 Å². The molecule has 0 bridgehead atoms. The van der Waals surface area contributed by atoms with Crippen LogP contribution >= 0.6 is 24.4 Å². The van der Waals surface area contributed by atoms with Crippen LogP contribution in [0.15, 0.2) is 35.2 Å². The van der Waals surface area contributed by atoms with Gasteiger partial charge in [0.1, 0.15) is 0 Å². The average Bonchev–Trinajstić information content (AvgIpc) is 2.66. The molecule has 1 aliphatic rings. The van der Waals surface area contributed by atoms with Crippen molar-refractivity contribution in [3.63, 3.8) is 0 Å². The molecule has 1 aromatic rings. The van der Waals surface area contributed by atoms with Gasteiger partial charge in [0.2, 0.25) is 10.0 Å². The van der Waals surface area contributed by atoms with Gasteiger partial charge in [-0.2, -0.15) is 16.9 Å². The molecular weight excluding hydrogens is 384 g/mol. The minimum absolute atomic E-state index is 0.0603. The van der Waals surface area contributed by atoms with E-state index in [-0.39, 0.29) is 11.8 Å². The number of thiol groups is 1. The molecule has 0 saturated carbocycles. The van der Waals surface area contributed by atoms with Gasteiger partial charge in [-0.1, -0.05) is 24.6 Å². The van der Waals surface area contributed by atoms with Crippen LogP contribution in [0.5, 0.6) is 0 Å². The Bertz CT molecular complexity index is 604. The van der Waals surface area contributed by atoms with E-state index in [1.165, 1.54) is 24.2 Å². The van der Waals surface area contributed by atoms with Gasteiger partial charge in [0, 0.05) is 29.8 Å². The zero-order valence-electron chi connectivity index (χ0n) is 15.7. The molecule has 1 aromatic carbocycles. The molecule has 7 heteroatoms. The number of rotatable bonds is 11. The molecule has 148 valence electrons. The maximum Gasteiger partial charge on any atom is 0.214 e. The summed E-state index contributed by atoms with van der Waals surface area (Å²) in [5, 5.41) is 0. The quantitative estimate of drug-likeness (QED) is 0.340. The van der Waals surface area contributed by atoms with E-state index in [0.29, 0.717) is 18.7 Å². The van der Waals surface area contributed by atoms with Crippen molar-refractivity contribution in [3.8, 4) is 0 Å². The fourth-order valence-corrected chi connectivity index (χ4v) is 6.30. The number of thioether (sulfide) groups is 1. The Kier molecular flexibility index (Phi) is 9.85. The van der Waals surface area contributed by atoms with Crippen LogP contribution in [0.2, 0.25) is 0 Å². The monoisotopic (exact) mass is 416 g/mol. The van der Waals surface area contributed by atoms with Gasteiger partial charge in [-0.05, 0) is 57.2 Å². The maximum absolute atomic E-state index is 12.9. The summed E-state index contributed by atoms with van der Waals surface area (Å²) in [6.45, 7) is 5.55. The van der Waals surface area contributed by atoms with Crippen molar-refractivity contribution in [1.82, 2.24) is 9.21 Å². The Morgan fingerprint density at radius 2 is 1.88 bits per heavy atom. The minimum Gasteiger partial charge on any atom is -0.302 e. The largest absolute Gasteiger partial charge is 0.302 e. The molecule has 0 amide bonds. The summed E-state index contributed by atoms with van der Waals surface area (Å²) in [5.74, 6) is 1.58. The van der Waals surface area contributed by atoms with Crippen molar-refractivity contribution < 1.29 is 8.42 Å². The molecule has 0 N–H and O–H groups in total.